The predicted octanol–water partition coefficient (Wildman–Crippen LogP) is 3.75. The van der Waals surface area contributed by atoms with Gasteiger partial charge in [0, 0.05) is 30.6 Å². The van der Waals surface area contributed by atoms with Gasteiger partial charge in [0.25, 0.3) is 0 Å². The van der Waals surface area contributed by atoms with E-state index in [4.69, 9.17) is 10.2 Å². The van der Waals surface area contributed by atoms with Crippen molar-refractivity contribution >= 4 is 29.3 Å². The SMILES string of the molecule is CC1CC1c1ccc(/C=C/C(=O)Nc2cc(C(N)=O)ccc2N2CCCC2)o1. The summed E-state index contributed by atoms with van der Waals surface area (Å²) < 4.78 is 5.80. The summed E-state index contributed by atoms with van der Waals surface area (Å²) in [6, 6.07) is 9.05. The Morgan fingerprint density at radius 3 is 2.64 bits per heavy atom. The zero-order valence-corrected chi connectivity index (χ0v) is 16.0. The summed E-state index contributed by atoms with van der Waals surface area (Å²) in [6.07, 6.45) is 6.51. The summed E-state index contributed by atoms with van der Waals surface area (Å²) in [5.74, 6) is 2.03. The van der Waals surface area contributed by atoms with Crippen LogP contribution in [0.1, 0.15) is 54.0 Å². The quantitative estimate of drug-likeness (QED) is 0.748. The molecule has 1 aliphatic carbocycles. The first-order valence-electron chi connectivity index (χ1n) is 9.79. The minimum absolute atomic E-state index is 0.278. The van der Waals surface area contributed by atoms with E-state index in [1.54, 1.807) is 18.2 Å². The molecule has 1 aromatic heterocycles. The van der Waals surface area contributed by atoms with Crippen LogP contribution in [-0.2, 0) is 4.79 Å². The maximum atomic E-state index is 12.5. The highest BCUT2D eigenvalue weighted by Crippen LogP contribution is 2.47. The summed E-state index contributed by atoms with van der Waals surface area (Å²) in [6.45, 7) is 4.07. The maximum Gasteiger partial charge on any atom is 0.248 e. The van der Waals surface area contributed by atoms with Crippen LogP contribution in [-0.4, -0.2) is 24.9 Å². The van der Waals surface area contributed by atoms with Gasteiger partial charge in [0.1, 0.15) is 11.5 Å². The van der Waals surface area contributed by atoms with Gasteiger partial charge in [-0.25, -0.2) is 0 Å². The number of furan rings is 1. The Morgan fingerprint density at radius 2 is 1.96 bits per heavy atom. The molecule has 2 amide bonds. The number of carbonyl (C=O) groups excluding carboxylic acids is 2. The highest BCUT2D eigenvalue weighted by Gasteiger charge is 2.36. The number of nitrogens with zero attached hydrogens (tertiary/aromatic N) is 1. The van der Waals surface area contributed by atoms with Crippen molar-refractivity contribution < 1.29 is 14.0 Å². The smallest absolute Gasteiger partial charge is 0.248 e. The van der Waals surface area contributed by atoms with Crippen molar-refractivity contribution in [1.82, 2.24) is 0 Å². The molecule has 146 valence electrons. The fourth-order valence-corrected chi connectivity index (χ4v) is 3.73. The Labute approximate surface area is 164 Å². The lowest BCUT2D eigenvalue weighted by Crippen LogP contribution is -2.21. The molecule has 6 heteroatoms. The van der Waals surface area contributed by atoms with Crippen LogP contribution in [0.25, 0.3) is 6.08 Å². The van der Waals surface area contributed by atoms with Gasteiger partial charge in [-0.2, -0.15) is 0 Å². The molecule has 3 N–H and O–H groups in total. The van der Waals surface area contributed by atoms with Gasteiger partial charge in [-0.1, -0.05) is 6.92 Å². The Morgan fingerprint density at radius 1 is 1.21 bits per heavy atom. The third kappa shape index (κ3) is 3.96. The fourth-order valence-electron chi connectivity index (χ4n) is 3.73. The molecule has 1 saturated carbocycles. The lowest BCUT2D eigenvalue weighted by Gasteiger charge is -2.21. The van der Waals surface area contributed by atoms with Crippen molar-refractivity contribution in [3.63, 3.8) is 0 Å². The summed E-state index contributed by atoms with van der Waals surface area (Å²) in [4.78, 5) is 26.2. The molecular weight excluding hydrogens is 354 g/mol. The predicted molar refractivity (Wildman–Crippen MR) is 109 cm³/mol. The molecule has 1 aliphatic heterocycles. The topological polar surface area (TPSA) is 88.6 Å². The molecule has 2 unspecified atom stereocenters. The van der Waals surface area contributed by atoms with Gasteiger partial charge < -0.3 is 20.4 Å². The average Bonchev–Trinajstić information content (AvgIpc) is 3.09. The van der Waals surface area contributed by atoms with E-state index in [2.05, 4.69) is 17.1 Å². The van der Waals surface area contributed by atoms with Crippen LogP contribution in [0.2, 0.25) is 0 Å². The molecular formula is C22H25N3O3. The lowest BCUT2D eigenvalue weighted by molar-refractivity contribution is -0.111. The highest BCUT2D eigenvalue weighted by molar-refractivity contribution is 6.05. The van der Waals surface area contributed by atoms with Crippen LogP contribution in [0.15, 0.2) is 40.8 Å². The molecule has 2 fully saturated rings. The Hall–Kier alpha value is -3.02. The number of primary amides is 1. The number of benzene rings is 1. The normalized spacial score (nSPS) is 21.2. The van der Waals surface area contributed by atoms with Crippen LogP contribution < -0.4 is 16.0 Å². The molecule has 2 atom stereocenters. The number of nitrogens with one attached hydrogen (secondary N) is 1. The van der Waals surface area contributed by atoms with Crippen LogP contribution in [0.3, 0.4) is 0 Å². The molecule has 4 rings (SSSR count). The van der Waals surface area contributed by atoms with Crippen molar-refractivity contribution in [2.24, 2.45) is 11.7 Å². The van der Waals surface area contributed by atoms with Crippen LogP contribution in [0, 0.1) is 5.92 Å². The van der Waals surface area contributed by atoms with Gasteiger partial charge in [-0.05, 0) is 61.6 Å². The van der Waals surface area contributed by atoms with Crippen molar-refractivity contribution in [3.05, 3.63) is 53.5 Å². The number of hydrogen-bond donors (Lipinski definition) is 2. The van der Waals surface area contributed by atoms with E-state index in [0.29, 0.717) is 28.8 Å². The van der Waals surface area contributed by atoms with E-state index < -0.39 is 5.91 Å². The Balaban J connectivity index is 1.48. The summed E-state index contributed by atoms with van der Waals surface area (Å²) >= 11 is 0. The number of rotatable bonds is 6. The van der Waals surface area contributed by atoms with Gasteiger partial charge in [0.15, 0.2) is 0 Å². The second-order valence-electron chi connectivity index (χ2n) is 7.67. The summed E-state index contributed by atoms with van der Waals surface area (Å²) in [7, 11) is 0. The first kappa shape index (κ1) is 18.3. The second-order valence-corrected chi connectivity index (χ2v) is 7.67. The van der Waals surface area contributed by atoms with Crippen LogP contribution in [0.5, 0.6) is 0 Å². The molecule has 2 aromatic rings. The summed E-state index contributed by atoms with van der Waals surface area (Å²) in [5.41, 5.74) is 7.28. The number of carbonyl (C=O) groups is 2. The standard InChI is InChI=1S/C22H25N3O3/c1-14-12-17(14)20-8-5-16(28-20)6-9-21(26)24-18-13-15(22(23)27)4-7-19(18)25-10-2-3-11-25/h4-9,13-14,17H,2-3,10-12H2,1H3,(H2,23,27)(H,24,26)/b9-6+. The first-order chi connectivity index (χ1) is 13.5. The van der Waals surface area contributed by atoms with E-state index in [-0.39, 0.29) is 5.91 Å². The molecule has 1 saturated heterocycles. The summed E-state index contributed by atoms with van der Waals surface area (Å²) in [5, 5.41) is 2.89. The molecule has 0 bridgehead atoms. The zero-order valence-electron chi connectivity index (χ0n) is 16.0. The zero-order chi connectivity index (χ0) is 19.7. The van der Waals surface area contributed by atoms with Crippen LogP contribution in [0.4, 0.5) is 11.4 Å². The molecule has 1 aromatic carbocycles. The first-order valence-corrected chi connectivity index (χ1v) is 9.79. The van der Waals surface area contributed by atoms with E-state index in [9.17, 15) is 9.59 Å². The molecule has 6 nitrogen and oxygen atoms in total. The van der Waals surface area contributed by atoms with E-state index in [0.717, 1.165) is 43.8 Å². The van der Waals surface area contributed by atoms with Gasteiger partial charge in [0.2, 0.25) is 11.8 Å². The molecule has 2 heterocycles. The van der Waals surface area contributed by atoms with Gasteiger partial charge in [-0.3, -0.25) is 9.59 Å². The maximum absolute atomic E-state index is 12.5. The molecule has 2 aliphatic rings. The van der Waals surface area contributed by atoms with Crippen molar-refractivity contribution in [1.29, 1.82) is 0 Å². The van der Waals surface area contributed by atoms with Crippen molar-refractivity contribution in [2.45, 2.75) is 32.1 Å². The van der Waals surface area contributed by atoms with E-state index in [1.807, 2.05) is 18.2 Å². The van der Waals surface area contributed by atoms with Crippen molar-refractivity contribution in [3.8, 4) is 0 Å². The van der Waals surface area contributed by atoms with Gasteiger partial charge in [-0.15, -0.1) is 0 Å². The molecule has 28 heavy (non-hydrogen) atoms. The molecule has 0 radical (unpaired) electrons. The van der Waals surface area contributed by atoms with E-state index in [1.165, 1.54) is 6.08 Å². The van der Waals surface area contributed by atoms with Crippen LogP contribution >= 0.6 is 0 Å². The monoisotopic (exact) mass is 379 g/mol. The largest absolute Gasteiger partial charge is 0.461 e. The number of hydrogen-bond acceptors (Lipinski definition) is 4. The average molecular weight is 379 g/mol. The number of amides is 2. The second kappa shape index (κ2) is 7.54. The minimum Gasteiger partial charge on any atom is -0.461 e. The van der Waals surface area contributed by atoms with Crippen molar-refractivity contribution in [2.75, 3.05) is 23.3 Å². The molecule has 0 spiro atoms. The highest BCUT2D eigenvalue weighted by atomic mass is 16.3. The minimum atomic E-state index is -0.517. The number of anilines is 2. The number of nitrogens with two attached hydrogens (primary N) is 1. The Bertz CT molecular complexity index is 925. The van der Waals surface area contributed by atoms with Gasteiger partial charge in [0.05, 0.1) is 11.4 Å². The third-order valence-electron chi connectivity index (χ3n) is 5.51. The fraction of sp³-hybridized carbons (Fsp3) is 0.364. The lowest BCUT2D eigenvalue weighted by atomic mass is 10.1. The third-order valence-corrected chi connectivity index (χ3v) is 5.51. The van der Waals surface area contributed by atoms with E-state index >= 15 is 0 Å². The van der Waals surface area contributed by atoms with Gasteiger partial charge >= 0.3 is 0 Å². The Kier molecular flexibility index (Phi) is 4.94.